The van der Waals surface area contributed by atoms with E-state index in [1.54, 1.807) is 0 Å². The summed E-state index contributed by atoms with van der Waals surface area (Å²) in [4.78, 5) is 3.53. The van der Waals surface area contributed by atoms with E-state index in [2.05, 4.69) is 80.5 Å². The number of aryl methyl sites for hydroxylation is 1. The Morgan fingerprint density at radius 2 is 1.68 bits per heavy atom. The fourth-order valence-electron chi connectivity index (χ4n) is 3.71. The van der Waals surface area contributed by atoms with E-state index in [0.717, 1.165) is 11.1 Å². The highest BCUT2D eigenvalue weighted by Crippen LogP contribution is 2.36. The number of para-hydroxylation sites is 1. The molecular weight excluding hydrogens is 302 g/mol. The first-order valence-corrected chi connectivity index (χ1v) is 8.54. The molecule has 4 rings (SSSR count). The number of nitrogens with one attached hydrogen (secondary N) is 1. The van der Waals surface area contributed by atoms with E-state index in [9.17, 15) is 0 Å². The number of benzene rings is 3. The van der Waals surface area contributed by atoms with Crippen LogP contribution in [0.3, 0.4) is 0 Å². The summed E-state index contributed by atoms with van der Waals surface area (Å²) in [5.41, 5.74) is 7.14. The minimum atomic E-state index is 1.14. The second-order valence-electron chi connectivity index (χ2n) is 6.55. The Bertz CT molecular complexity index is 1190. The number of H-pyrrole nitrogens is 1. The lowest BCUT2D eigenvalue weighted by atomic mass is 9.90. The van der Waals surface area contributed by atoms with Crippen molar-refractivity contribution >= 4 is 38.2 Å². The number of aromatic nitrogens is 1. The van der Waals surface area contributed by atoms with Crippen molar-refractivity contribution in [1.82, 2.24) is 4.98 Å². The van der Waals surface area contributed by atoms with E-state index in [1.165, 1.54) is 43.7 Å². The monoisotopic (exact) mass is 323 g/mol. The Hall–Kier alpha value is -3.06. The Kier molecular flexibility index (Phi) is 3.58. The summed E-state index contributed by atoms with van der Waals surface area (Å²) >= 11 is 0. The van der Waals surface area contributed by atoms with Crippen LogP contribution >= 0.6 is 0 Å². The van der Waals surface area contributed by atoms with Gasteiger partial charge in [0.05, 0.1) is 0 Å². The average molecular weight is 323 g/mol. The third-order valence-electron chi connectivity index (χ3n) is 5.06. The molecule has 0 bridgehead atoms. The Labute approximate surface area is 148 Å². The Morgan fingerprint density at radius 3 is 2.44 bits per heavy atom. The molecule has 122 valence electrons. The molecule has 1 heterocycles. The van der Waals surface area contributed by atoms with Gasteiger partial charge < -0.3 is 4.98 Å². The fraction of sp³-hybridized carbons (Fsp3) is 0.0833. The molecule has 0 saturated heterocycles. The summed E-state index contributed by atoms with van der Waals surface area (Å²) in [6.07, 6.45) is 3.84. The van der Waals surface area contributed by atoms with Crippen molar-refractivity contribution in [3.63, 3.8) is 0 Å². The molecule has 1 nitrogen and oxygen atoms in total. The van der Waals surface area contributed by atoms with Crippen LogP contribution in [-0.4, -0.2) is 4.98 Å². The standard InChI is InChI=1S/C24H21N/c1-5-15(3)18(6-2)24-16(4)11-12-17-13-23-21(14-20(17)24)19-9-7-8-10-22(19)25-23/h5-14,25H,1-2H2,3-4H3/b18-15+. The van der Waals surface area contributed by atoms with Gasteiger partial charge in [-0.05, 0) is 65.1 Å². The van der Waals surface area contributed by atoms with Gasteiger partial charge in [0.1, 0.15) is 0 Å². The predicted molar refractivity (Wildman–Crippen MR) is 111 cm³/mol. The fourth-order valence-corrected chi connectivity index (χ4v) is 3.71. The molecule has 0 fully saturated rings. The van der Waals surface area contributed by atoms with E-state index in [-0.39, 0.29) is 0 Å². The van der Waals surface area contributed by atoms with Crippen molar-refractivity contribution in [3.05, 3.63) is 90.5 Å². The zero-order valence-corrected chi connectivity index (χ0v) is 14.7. The summed E-state index contributed by atoms with van der Waals surface area (Å²) in [6.45, 7) is 12.2. The zero-order chi connectivity index (χ0) is 17.6. The quantitative estimate of drug-likeness (QED) is 0.393. The molecule has 0 spiro atoms. The first-order chi connectivity index (χ1) is 12.1. The number of hydrogen-bond donors (Lipinski definition) is 1. The SMILES string of the molecule is C=C/C(C)=C(\C=C)c1c(C)ccc2cc3[nH]c4ccccc4c3cc12. The first-order valence-electron chi connectivity index (χ1n) is 8.54. The van der Waals surface area contributed by atoms with Gasteiger partial charge in [-0.3, -0.25) is 0 Å². The van der Waals surface area contributed by atoms with Crippen molar-refractivity contribution in [3.8, 4) is 0 Å². The molecule has 1 aromatic heterocycles. The van der Waals surface area contributed by atoms with Crippen molar-refractivity contribution in [2.45, 2.75) is 13.8 Å². The second-order valence-corrected chi connectivity index (χ2v) is 6.55. The molecule has 0 amide bonds. The highest BCUT2D eigenvalue weighted by atomic mass is 14.7. The highest BCUT2D eigenvalue weighted by molar-refractivity contribution is 6.14. The van der Waals surface area contributed by atoms with Gasteiger partial charge in [0.15, 0.2) is 0 Å². The molecule has 0 radical (unpaired) electrons. The molecule has 0 atom stereocenters. The maximum Gasteiger partial charge on any atom is 0.0471 e. The summed E-state index contributed by atoms with van der Waals surface area (Å²) < 4.78 is 0. The van der Waals surface area contributed by atoms with Crippen LogP contribution in [0.25, 0.3) is 38.2 Å². The molecule has 0 aliphatic heterocycles. The lowest BCUT2D eigenvalue weighted by molar-refractivity contribution is 1.44. The zero-order valence-electron chi connectivity index (χ0n) is 14.7. The molecule has 4 aromatic rings. The van der Waals surface area contributed by atoms with Crippen molar-refractivity contribution in [2.75, 3.05) is 0 Å². The third-order valence-corrected chi connectivity index (χ3v) is 5.06. The van der Waals surface area contributed by atoms with Crippen LogP contribution in [0.2, 0.25) is 0 Å². The lowest BCUT2D eigenvalue weighted by Gasteiger charge is -2.14. The van der Waals surface area contributed by atoms with E-state index in [1.807, 2.05) is 12.2 Å². The molecule has 3 aromatic carbocycles. The van der Waals surface area contributed by atoms with Crippen LogP contribution < -0.4 is 0 Å². The highest BCUT2D eigenvalue weighted by Gasteiger charge is 2.12. The maximum atomic E-state index is 4.04. The molecular formula is C24H21N. The van der Waals surface area contributed by atoms with Gasteiger partial charge in [0.25, 0.3) is 0 Å². The van der Waals surface area contributed by atoms with Gasteiger partial charge in [0.2, 0.25) is 0 Å². The van der Waals surface area contributed by atoms with Gasteiger partial charge in [-0.15, -0.1) is 0 Å². The van der Waals surface area contributed by atoms with Crippen LogP contribution in [-0.2, 0) is 0 Å². The number of rotatable bonds is 3. The summed E-state index contributed by atoms with van der Waals surface area (Å²) in [5.74, 6) is 0. The van der Waals surface area contributed by atoms with Crippen LogP contribution in [0.4, 0.5) is 0 Å². The number of fused-ring (bicyclic) bond motifs is 4. The smallest absolute Gasteiger partial charge is 0.0471 e. The third kappa shape index (κ3) is 2.32. The van der Waals surface area contributed by atoms with Crippen LogP contribution in [0, 0.1) is 6.92 Å². The minimum Gasteiger partial charge on any atom is -0.354 e. The Morgan fingerprint density at radius 1 is 0.880 bits per heavy atom. The van der Waals surface area contributed by atoms with Gasteiger partial charge >= 0.3 is 0 Å². The summed E-state index contributed by atoms with van der Waals surface area (Å²) in [6, 6.07) is 17.4. The van der Waals surface area contributed by atoms with Crippen molar-refractivity contribution in [1.29, 1.82) is 0 Å². The molecule has 1 N–H and O–H groups in total. The van der Waals surface area contributed by atoms with Gasteiger partial charge in [-0.25, -0.2) is 0 Å². The summed E-state index contributed by atoms with van der Waals surface area (Å²) in [7, 11) is 0. The normalized spacial score (nSPS) is 12.6. The van der Waals surface area contributed by atoms with E-state index in [4.69, 9.17) is 0 Å². The molecule has 1 heteroatoms. The van der Waals surface area contributed by atoms with Crippen LogP contribution in [0.5, 0.6) is 0 Å². The number of hydrogen-bond acceptors (Lipinski definition) is 0. The van der Waals surface area contributed by atoms with E-state index >= 15 is 0 Å². The molecule has 0 aliphatic rings. The molecule has 0 unspecified atom stereocenters. The maximum absolute atomic E-state index is 4.04. The number of allylic oxidation sites excluding steroid dienone is 4. The van der Waals surface area contributed by atoms with Crippen LogP contribution in [0.1, 0.15) is 18.1 Å². The van der Waals surface area contributed by atoms with Gasteiger partial charge in [0, 0.05) is 21.8 Å². The predicted octanol–water partition coefficient (Wildman–Crippen LogP) is 6.93. The van der Waals surface area contributed by atoms with E-state index < -0.39 is 0 Å². The van der Waals surface area contributed by atoms with Gasteiger partial charge in [-0.1, -0.05) is 55.6 Å². The molecule has 0 saturated carbocycles. The van der Waals surface area contributed by atoms with Crippen molar-refractivity contribution < 1.29 is 0 Å². The molecule has 0 aliphatic carbocycles. The van der Waals surface area contributed by atoms with E-state index in [0.29, 0.717) is 0 Å². The minimum absolute atomic E-state index is 1.14. The second kappa shape index (κ2) is 5.78. The summed E-state index contributed by atoms with van der Waals surface area (Å²) in [5, 5.41) is 5.01. The Balaban J connectivity index is 2.19. The lowest BCUT2D eigenvalue weighted by Crippen LogP contribution is -1.92. The van der Waals surface area contributed by atoms with Gasteiger partial charge in [-0.2, -0.15) is 0 Å². The largest absolute Gasteiger partial charge is 0.354 e. The topological polar surface area (TPSA) is 15.8 Å². The first kappa shape index (κ1) is 15.5. The number of aromatic amines is 1. The van der Waals surface area contributed by atoms with Crippen LogP contribution in [0.15, 0.2) is 79.4 Å². The molecule has 25 heavy (non-hydrogen) atoms. The average Bonchev–Trinajstić information content (AvgIpc) is 2.99. The van der Waals surface area contributed by atoms with Crippen molar-refractivity contribution in [2.24, 2.45) is 0 Å².